The fourth-order valence-corrected chi connectivity index (χ4v) is 3.39. The highest BCUT2D eigenvalue weighted by Crippen LogP contribution is 2.22. The second-order valence-corrected chi connectivity index (χ2v) is 6.97. The molecule has 0 unspecified atom stereocenters. The largest absolute Gasteiger partial charge is 0.457 e. The first-order valence-electron chi connectivity index (χ1n) is 8.75. The molecule has 0 saturated carbocycles. The van der Waals surface area contributed by atoms with E-state index in [9.17, 15) is 4.79 Å². The second kappa shape index (κ2) is 8.54. The van der Waals surface area contributed by atoms with E-state index in [0.717, 1.165) is 17.0 Å². The summed E-state index contributed by atoms with van der Waals surface area (Å²) in [6.07, 6.45) is 0. The molecule has 6 heteroatoms. The molecular formula is C22H17N3O2S. The van der Waals surface area contributed by atoms with Crippen LogP contribution >= 0.6 is 11.8 Å². The molecule has 0 aliphatic carbocycles. The third-order valence-corrected chi connectivity index (χ3v) is 4.88. The van der Waals surface area contributed by atoms with E-state index in [4.69, 9.17) is 4.74 Å². The molecule has 1 amide bonds. The van der Waals surface area contributed by atoms with Crippen LogP contribution in [0.4, 0.5) is 0 Å². The van der Waals surface area contributed by atoms with E-state index in [1.807, 2.05) is 66.7 Å². The van der Waals surface area contributed by atoms with Crippen molar-refractivity contribution in [2.75, 3.05) is 5.75 Å². The van der Waals surface area contributed by atoms with Crippen molar-refractivity contribution in [1.82, 2.24) is 5.32 Å². The van der Waals surface area contributed by atoms with E-state index in [2.05, 4.69) is 15.5 Å². The number of nitrogens with zero attached hydrogens (tertiary/aromatic N) is 2. The Balaban J connectivity index is 1.43. The van der Waals surface area contributed by atoms with Crippen molar-refractivity contribution in [2.24, 2.45) is 10.2 Å². The summed E-state index contributed by atoms with van der Waals surface area (Å²) in [5.41, 5.74) is 2.42. The average molecular weight is 387 g/mol. The van der Waals surface area contributed by atoms with Gasteiger partial charge in [0.05, 0.1) is 5.71 Å². The maximum Gasteiger partial charge on any atom is 0.257 e. The summed E-state index contributed by atoms with van der Waals surface area (Å²) in [4.78, 5) is 12.6. The Morgan fingerprint density at radius 3 is 2.29 bits per heavy atom. The lowest BCUT2D eigenvalue weighted by molar-refractivity contribution is 0.0977. The van der Waals surface area contributed by atoms with E-state index in [1.165, 1.54) is 11.8 Å². The van der Waals surface area contributed by atoms with Crippen LogP contribution in [0.25, 0.3) is 0 Å². The molecule has 1 N–H and O–H groups in total. The smallest absolute Gasteiger partial charge is 0.257 e. The number of benzene rings is 3. The molecule has 0 saturated heterocycles. The first-order chi connectivity index (χ1) is 13.8. The van der Waals surface area contributed by atoms with Crippen LogP contribution in [0.1, 0.15) is 15.9 Å². The van der Waals surface area contributed by atoms with Crippen LogP contribution < -0.4 is 10.1 Å². The van der Waals surface area contributed by atoms with Gasteiger partial charge in [-0.3, -0.25) is 10.1 Å². The minimum atomic E-state index is -0.247. The molecule has 0 aromatic heterocycles. The fourth-order valence-electron chi connectivity index (χ4n) is 2.63. The van der Waals surface area contributed by atoms with Crippen LogP contribution in [0.5, 0.6) is 11.5 Å². The number of hydrogen-bond donors (Lipinski definition) is 1. The van der Waals surface area contributed by atoms with Gasteiger partial charge in [0.15, 0.2) is 5.17 Å². The van der Waals surface area contributed by atoms with E-state index >= 15 is 0 Å². The lowest BCUT2D eigenvalue weighted by atomic mass is 10.1. The first kappa shape index (κ1) is 18.0. The molecule has 28 heavy (non-hydrogen) atoms. The topological polar surface area (TPSA) is 63.0 Å². The lowest BCUT2D eigenvalue weighted by Gasteiger charge is -2.13. The summed E-state index contributed by atoms with van der Waals surface area (Å²) in [6.45, 7) is 0. The van der Waals surface area contributed by atoms with Crippen molar-refractivity contribution < 1.29 is 9.53 Å². The molecule has 4 rings (SSSR count). The minimum absolute atomic E-state index is 0.247. The molecule has 0 atom stereocenters. The summed E-state index contributed by atoms with van der Waals surface area (Å²) in [5.74, 6) is 1.72. The lowest BCUT2D eigenvalue weighted by Crippen LogP contribution is -2.30. The van der Waals surface area contributed by atoms with Crippen LogP contribution in [0, 0.1) is 0 Å². The predicted octanol–water partition coefficient (Wildman–Crippen LogP) is 4.72. The Morgan fingerprint density at radius 2 is 1.57 bits per heavy atom. The average Bonchev–Trinajstić information content (AvgIpc) is 2.76. The van der Waals surface area contributed by atoms with Crippen molar-refractivity contribution >= 4 is 28.5 Å². The van der Waals surface area contributed by atoms with Gasteiger partial charge in [-0.1, -0.05) is 66.4 Å². The zero-order chi connectivity index (χ0) is 19.2. The van der Waals surface area contributed by atoms with Gasteiger partial charge in [-0.25, -0.2) is 0 Å². The monoisotopic (exact) mass is 387 g/mol. The Morgan fingerprint density at radius 1 is 0.857 bits per heavy atom. The first-order valence-corrected chi connectivity index (χ1v) is 9.73. The van der Waals surface area contributed by atoms with Gasteiger partial charge < -0.3 is 4.74 Å². The van der Waals surface area contributed by atoms with E-state index in [1.54, 1.807) is 18.2 Å². The third-order valence-electron chi connectivity index (χ3n) is 4.01. The zero-order valence-electron chi connectivity index (χ0n) is 14.9. The Labute approximate surface area is 167 Å². The molecule has 0 spiro atoms. The second-order valence-electron chi connectivity index (χ2n) is 6.00. The Hall–Kier alpha value is -3.38. The number of rotatable bonds is 4. The maximum absolute atomic E-state index is 12.6. The maximum atomic E-state index is 12.6. The van der Waals surface area contributed by atoms with Gasteiger partial charge in [0.2, 0.25) is 0 Å². The van der Waals surface area contributed by atoms with Gasteiger partial charge in [0, 0.05) is 11.3 Å². The molecule has 0 fully saturated rings. The summed E-state index contributed by atoms with van der Waals surface area (Å²) in [7, 11) is 0. The number of ether oxygens (including phenoxy) is 1. The zero-order valence-corrected chi connectivity index (χ0v) is 15.7. The van der Waals surface area contributed by atoms with Crippen LogP contribution in [-0.4, -0.2) is 22.5 Å². The summed E-state index contributed by atoms with van der Waals surface area (Å²) < 4.78 is 5.78. The van der Waals surface area contributed by atoms with Crippen LogP contribution in [0.3, 0.4) is 0 Å². The summed E-state index contributed by atoms with van der Waals surface area (Å²) in [5, 5.41) is 11.7. The molecule has 1 aliphatic heterocycles. The number of nitrogens with one attached hydrogen (secondary N) is 1. The summed E-state index contributed by atoms with van der Waals surface area (Å²) >= 11 is 1.45. The van der Waals surface area contributed by atoms with Gasteiger partial charge in [-0.05, 0) is 35.9 Å². The number of amides is 1. The van der Waals surface area contributed by atoms with E-state index in [0.29, 0.717) is 22.2 Å². The van der Waals surface area contributed by atoms with Gasteiger partial charge in [0.25, 0.3) is 5.91 Å². The molecule has 138 valence electrons. The third kappa shape index (κ3) is 4.47. The van der Waals surface area contributed by atoms with Crippen molar-refractivity contribution in [2.45, 2.75) is 0 Å². The fraction of sp³-hybridized carbons (Fsp3) is 0.0455. The Kier molecular flexibility index (Phi) is 5.49. The highest BCUT2D eigenvalue weighted by Gasteiger charge is 2.16. The van der Waals surface area contributed by atoms with Gasteiger partial charge in [-0.15, -0.1) is 5.10 Å². The van der Waals surface area contributed by atoms with E-state index in [-0.39, 0.29) is 5.91 Å². The van der Waals surface area contributed by atoms with Crippen molar-refractivity contribution in [3.8, 4) is 11.5 Å². The van der Waals surface area contributed by atoms with Crippen molar-refractivity contribution in [1.29, 1.82) is 0 Å². The number of carbonyl (C=O) groups is 1. The molecule has 5 nitrogen and oxygen atoms in total. The quantitative estimate of drug-likeness (QED) is 0.705. The van der Waals surface area contributed by atoms with Crippen LogP contribution in [0.15, 0.2) is 95.1 Å². The highest BCUT2D eigenvalue weighted by atomic mass is 32.2. The van der Waals surface area contributed by atoms with Gasteiger partial charge >= 0.3 is 0 Å². The number of amidine groups is 1. The number of hydrogen-bond acceptors (Lipinski definition) is 5. The predicted molar refractivity (Wildman–Crippen MR) is 113 cm³/mol. The number of thioether (sulfide) groups is 1. The normalized spacial score (nSPS) is 13.3. The van der Waals surface area contributed by atoms with Gasteiger partial charge in [-0.2, -0.15) is 5.10 Å². The molecule has 1 heterocycles. The van der Waals surface area contributed by atoms with Crippen molar-refractivity contribution in [3.63, 3.8) is 0 Å². The molecule has 3 aromatic rings. The molecule has 3 aromatic carbocycles. The minimum Gasteiger partial charge on any atom is -0.457 e. The van der Waals surface area contributed by atoms with Crippen molar-refractivity contribution in [3.05, 3.63) is 96.1 Å². The van der Waals surface area contributed by atoms with Crippen LogP contribution in [-0.2, 0) is 0 Å². The molecular weight excluding hydrogens is 370 g/mol. The van der Waals surface area contributed by atoms with Crippen LogP contribution in [0.2, 0.25) is 0 Å². The Bertz CT molecular complexity index is 1030. The summed E-state index contributed by atoms with van der Waals surface area (Å²) in [6, 6.07) is 26.4. The highest BCUT2D eigenvalue weighted by molar-refractivity contribution is 8.14. The SMILES string of the molecule is O=C(NC1=NN=C(c2ccccc2)CS1)c1cccc(Oc2ccccc2)c1. The molecule has 0 radical (unpaired) electrons. The molecule has 1 aliphatic rings. The standard InChI is InChI=1S/C22H17N3O2S/c26-21(17-10-7-13-19(14-17)27-18-11-5-2-6-12-18)23-22-25-24-20(15-28-22)16-8-3-1-4-9-16/h1-14H,15H2,(H,23,25,26). The number of para-hydroxylation sites is 1. The van der Waals surface area contributed by atoms with Gasteiger partial charge in [0.1, 0.15) is 11.5 Å². The van der Waals surface area contributed by atoms with E-state index < -0.39 is 0 Å². The molecule has 0 bridgehead atoms. The number of carbonyl (C=O) groups excluding carboxylic acids is 1.